The van der Waals surface area contributed by atoms with Crippen LogP contribution in [-0.2, 0) is 14.8 Å². The van der Waals surface area contributed by atoms with Gasteiger partial charge in [-0.3, -0.25) is 4.79 Å². The van der Waals surface area contributed by atoms with E-state index in [1.54, 1.807) is 48.5 Å². The number of benzene rings is 2. The fraction of sp³-hybridized carbons (Fsp3) is 0.350. The van der Waals surface area contributed by atoms with Crippen LogP contribution in [0.2, 0.25) is 5.02 Å². The van der Waals surface area contributed by atoms with Crippen LogP contribution in [0.25, 0.3) is 0 Å². The molecular formula is C20H23ClN2O5S. The Bertz CT molecular complexity index is 928. The third kappa shape index (κ3) is 5.85. The van der Waals surface area contributed by atoms with E-state index in [0.717, 1.165) is 12.8 Å². The molecular weight excluding hydrogens is 416 g/mol. The summed E-state index contributed by atoms with van der Waals surface area (Å²) in [6.07, 6.45) is 1.80. The van der Waals surface area contributed by atoms with Crippen LogP contribution < -0.4 is 14.8 Å². The van der Waals surface area contributed by atoms with Crippen molar-refractivity contribution in [3.8, 4) is 11.5 Å². The average Bonchev–Trinajstić information content (AvgIpc) is 3.27. The molecule has 0 saturated carbocycles. The Morgan fingerprint density at radius 1 is 1.03 bits per heavy atom. The van der Waals surface area contributed by atoms with E-state index in [1.165, 1.54) is 4.31 Å². The van der Waals surface area contributed by atoms with E-state index in [2.05, 4.69) is 5.32 Å². The molecule has 0 aromatic heterocycles. The first-order valence-corrected chi connectivity index (χ1v) is 11.2. The number of hydrogen-bond acceptors (Lipinski definition) is 5. The average molecular weight is 439 g/mol. The Kier molecular flexibility index (Phi) is 7.35. The summed E-state index contributed by atoms with van der Waals surface area (Å²) in [5.74, 6) is 0.692. The van der Waals surface area contributed by atoms with Gasteiger partial charge in [0.05, 0.1) is 16.5 Å². The van der Waals surface area contributed by atoms with Gasteiger partial charge in [-0.1, -0.05) is 23.7 Å². The molecule has 9 heteroatoms. The molecule has 2 aromatic rings. The summed E-state index contributed by atoms with van der Waals surface area (Å²) in [5.41, 5.74) is 0. The number of sulfonamides is 1. The molecule has 1 amide bonds. The minimum atomic E-state index is -3.43. The summed E-state index contributed by atoms with van der Waals surface area (Å²) in [7, 11) is -3.43. The maximum Gasteiger partial charge on any atom is 0.258 e. The first kappa shape index (κ1) is 21.4. The van der Waals surface area contributed by atoms with Crippen LogP contribution >= 0.6 is 11.6 Å². The topological polar surface area (TPSA) is 84.9 Å². The number of carbonyl (C=O) groups excluding carboxylic acids is 1. The van der Waals surface area contributed by atoms with Gasteiger partial charge in [0, 0.05) is 13.1 Å². The van der Waals surface area contributed by atoms with Gasteiger partial charge in [-0.2, -0.15) is 4.31 Å². The van der Waals surface area contributed by atoms with Crippen LogP contribution in [-0.4, -0.2) is 51.5 Å². The van der Waals surface area contributed by atoms with Crippen molar-refractivity contribution < 1.29 is 22.7 Å². The van der Waals surface area contributed by atoms with Gasteiger partial charge in [-0.05, 0) is 49.2 Å². The van der Waals surface area contributed by atoms with Crippen LogP contribution in [0.5, 0.6) is 11.5 Å². The number of nitrogens with zero attached hydrogens (tertiary/aromatic N) is 1. The quantitative estimate of drug-likeness (QED) is 0.608. The van der Waals surface area contributed by atoms with E-state index in [9.17, 15) is 13.2 Å². The number of para-hydroxylation sites is 1. The molecule has 2 aromatic carbocycles. The Hall–Kier alpha value is -2.29. The predicted molar refractivity (Wildman–Crippen MR) is 110 cm³/mol. The highest BCUT2D eigenvalue weighted by molar-refractivity contribution is 7.89. The minimum Gasteiger partial charge on any atom is -0.492 e. The molecule has 1 N–H and O–H groups in total. The number of amides is 1. The molecule has 0 atom stereocenters. The van der Waals surface area contributed by atoms with Crippen LogP contribution in [0, 0.1) is 0 Å². The number of halogens is 1. The van der Waals surface area contributed by atoms with Crippen molar-refractivity contribution >= 4 is 27.5 Å². The number of carbonyl (C=O) groups is 1. The van der Waals surface area contributed by atoms with Gasteiger partial charge >= 0.3 is 0 Å². The van der Waals surface area contributed by atoms with E-state index in [4.69, 9.17) is 21.1 Å². The molecule has 7 nitrogen and oxygen atoms in total. The zero-order valence-corrected chi connectivity index (χ0v) is 17.4. The van der Waals surface area contributed by atoms with Crippen LogP contribution in [0.3, 0.4) is 0 Å². The van der Waals surface area contributed by atoms with Crippen LogP contribution in [0.4, 0.5) is 0 Å². The normalized spacial score (nSPS) is 14.5. The Morgan fingerprint density at radius 3 is 2.41 bits per heavy atom. The third-order valence-corrected chi connectivity index (χ3v) is 6.64. The Morgan fingerprint density at radius 2 is 1.72 bits per heavy atom. The van der Waals surface area contributed by atoms with E-state index in [0.29, 0.717) is 36.2 Å². The summed E-state index contributed by atoms with van der Waals surface area (Å²) in [4.78, 5) is 12.1. The van der Waals surface area contributed by atoms with Crippen molar-refractivity contribution in [2.45, 2.75) is 17.7 Å². The molecule has 29 heavy (non-hydrogen) atoms. The molecule has 0 radical (unpaired) electrons. The van der Waals surface area contributed by atoms with Gasteiger partial charge in [0.2, 0.25) is 10.0 Å². The summed E-state index contributed by atoms with van der Waals surface area (Å²) < 4.78 is 37.4. The summed E-state index contributed by atoms with van der Waals surface area (Å²) in [6.45, 7) is 1.53. The van der Waals surface area contributed by atoms with Gasteiger partial charge in [0.15, 0.2) is 6.61 Å². The smallest absolute Gasteiger partial charge is 0.258 e. The lowest BCUT2D eigenvalue weighted by atomic mass is 10.3. The zero-order valence-electron chi connectivity index (χ0n) is 15.8. The lowest BCUT2D eigenvalue weighted by Gasteiger charge is -2.15. The maximum atomic E-state index is 12.5. The molecule has 1 saturated heterocycles. The first-order chi connectivity index (χ1) is 14.0. The molecule has 3 rings (SSSR count). The van der Waals surface area contributed by atoms with Crippen molar-refractivity contribution in [1.29, 1.82) is 0 Å². The van der Waals surface area contributed by atoms with Gasteiger partial charge < -0.3 is 14.8 Å². The Balaban J connectivity index is 1.39. The van der Waals surface area contributed by atoms with E-state index >= 15 is 0 Å². The number of hydrogen-bond donors (Lipinski definition) is 1. The van der Waals surface area contributed by atoms with Gasteiger partial charge in [-0.15, -0.1) is 0 Å². The SMILES string of the molecule is O=C(COc1ccccc1Cl)NCCOc1ccc(S(=O)(=O)N2CCCC2)cc1. The fourth-order valence-electron chi connectivity index (χ4n) is 2.90. The predicted octanol–water partition coefficient (Wildman–Crippen LogP) is 2.70. The molecule has 1 aliphatic rings. The van der Waals surface area contributed by atoms with Crippen molar-refractivity contribution in [2.24, 2.45) is 0 Å². The number of nitrogens with one attached hydrogen (secondary N) is 1. The van der Waals surface area contributed by atoms with Crippen molar-refractivity contribution in [3.63, 3.8) is 0 Å². The lowest BCUT2D eigenvalue weighted by molar-refractivity contribution is -0.123. The first-order valence-electron chi connectivity index (χ1n) is 9.34. The maximum absolute atomic E-state index is 12.5. The molecule has 0 aliphatic carbocycles. The second kappa shape index (κ2) is 9.96. The molecule has 0 unspecified atom stereocenters. The Labute approximate surface area is 175 Å². The molecule has 1 aliphatic heterocycles. The van der Waals surface area contributed by atoms with Crippen LogP contribution in [0.1, 0.15) is 12.8 Å². The minimum absolute atomic E-state index is 0.146. The molecule has 1 heterocycles. The third-order valence-electron chi connectivity index (χ3n) is 4.41. The standard InChI is InChI=1S/C20H23ClN2O5S/c21-18-5-1-2-6-19(18)28-15-20(24)22-11-14-27-16-7-9-17(10-8-16)29(25,26)23-12-3-4-13-23/h1-2,5-10H,3-4,11-15H2,(H,22,24). The monoisotopic (exact) mass is 438 g/mol. The highest BCUT2D eigenvalue weighted by Crippen LogP contribution is 2.23. The van der Waals surface area contributed by atoms with Gasteiger partial charge in [0.25, 0.3) is 5.91 Å². The van der Waals surface area contributed by atoms with E-state index < -0.39 is 10.0 Å². The highest BCUT2D eigenvalue weighted by Gasteiger charge is 2.26. The molecule has 1 fully saturated rings. The van der Waals surface area contributed by atoms with Gasteiger partial charge in [0.1, 0.15) is 18.1 Å². The molecule has 0 bridgehead atoms. The molecule has 0 spiro atoms. The van der Waals surface area contributed by atoms with Crippen LogP contribution in [0.15, 0.2) is 53.4 Å². The lowest BCUT2D eigenvalue weighted by Crippen LogP contribution is -2.32. The highest BCUT2D eigenvalue weighted by atomic mass is 35.5. The van der Waals surface area contributed by atoms with Crippen molar-refractivity contribution in [3.05, 3.63) is 53.6 Å². The van der Waals surface area contributed by atoms with Crippen molar-refractivity contribution in [1.82, 2.24) is 9.62 Å². The fourth-order valence-corrected chi connectivity index (χ4v) is 4.61. The largest absolute Gasteiger partial charge is 0.492 e. The van der Waals surface area contributed by atoms with Gasteiger partial charge in [-0.25, -0.2) is 8.42 Å². The summed E-state index contributed by atoms with van der Waals surface area (Å²) in [6, 6.07) is 13.2. The second-order valence-electron chi connectivity index (χ2n) is 6.50. The van der Waals surface area contributed by atoms with Crippen molar-refractivity contribution in [2.75, 3.05) is 32.8 Å². The summed E-state index contributed by atoms with van der Waals surface area (Å²) in [5, 5.41) is 3.12. The summed E-state index contributed by atoms with van der Waals surface area (Å²) >= 11 is 5.96. The number of ether oxygens (including phenoxy) is 2. The molecule has 156 valence electrons. The zero-order chi connectivity index (χ0) is 20.7. The number of rotatable bonds is 9. The second-order valence-corrected chi connectivity index (χ2v) is 8.85. The van der Waals surface area contributed by atoms with E-state index in [-0.39, 0.29) is 24.0 Å². The van der Waals surface area contributed by atoms with E-state index in [1.807, 2.05) is 0 Å².